The molecule has 2 N–H and O–H groups in total. The third kappa shape index (κ3) is 4.61. The zero-order chi connectivity index (χ0) is 17.6. The average molecular weight is 332 g/mol. The third-order valence-electron chi connectivity index (χ3n) is 3.62. The van der Waals surface area contributed by atoms with E-state index >= 15 is 0 Å². The van der Waals surface area contributed by atoms with E-state index in [1.807, 2.05) is 68.4 Å². The molecule has 0 unspecified atom stereocenters. The van der Waals surface area contributed by atoms with Crippen LogP contribution in [0.2, 0.25) is 0 Å². The number of carbonyl (C=O) groups excluding carboxylic acids is 1. The molecule has 0 aliphatic carbocycles. The highest BCUT2D eigenvalue weighted by Crippen LogP contribution is 2.19. The van der Waals surface area contributed by atoms with E-state index < -0.39 is 0 Å². The average Bonchev–Trinajstić information content (AvgIpc) is 3.04. The highest BCUT2D eigenvalue weighted by Gasteiger charge is 2.07. The summed E-state index contributed by atoms with van der Waals surface area (Å²) in [5.74, 6) is 0.922. The van der Waals surface area contributed by atoms with Crippen molar-refractivity contribution in [1.82, 2.24) is 0 Å². The highest BCUT2D eigenvalue weighted by molar-refractivity contribution is 6.03. The first-order valence-corrected chi connectivity index (χ1v) is 8.08. The van der Waals surface area contributed by atoms with Gasteiger partial charge in [-0.25, -0.2) is 0 Å². The molecule has 3 rings (SSSR count). The van der Waals surface area contributed by atoms with Crippen molar-refractivity contribution >= 4 is 22.8 Å². The van der Waals surface area contributed by atoms with Gasteiger partial charge >= 0.3 is 0 Å². The van der Waals surface area contributed by atoms with Crippen LogP contribution in [0.1, 0.15) is 23.2 Å². The van der Waals surface area contributed by atoms with Crippen molar-refractivity contribution in [2.45, 2.75) is 13.8 Å². The molecule has 0 spiro atoms. The Hall–Kier alpha value is -3.27. The molecule has 0 saturated heterocycles. The first kappa shape index (κ1) is 16.6. The second-order valence-electron chi connectivity index (χ2n) is 5.80. The molecule has 1 aromatic heterocycles. The predicted octanol–water partition coefficient (Wildman–Crippen LogP) is 5.53. The van der Waals surface area contributed by atoms with Gasteiger partial charge in [0.2, 0.25) is 5.78 Å². The Labute approximate surface area is 147 Å². The third-order valence-corrected chi connectivity index (χ3v) is 3.62. The topological polar surface area (TPSA) is 54.3 Å². The van der Waals surface area contributed by atoms with Crippen LogP contribution < -0.4 is 10.6 Å². The minimum atomic E-state index is -0.152. The number of aryl methyl sites for hydroxylation is 1. The molecule has 126 valence electrons. The molecule has 25 heavy (non-hydrogen) atoms. The van der Waals surface area contributed by atoms with E-state index in [0.717, 1.165) is 28.5 Å². The van der Waals surface area contributed by atoms with Crippen LogP contribution in [0.4, 0.5) is 17.1 Å². The van der Waals surface area contributed by atoms with E-state index in [-0.39, 0.29) is 5.78 Å². The lowest BCUT2D eigenvalue weighted by Gasteiger charge is -2.09. The Kier molecular flexibility index (Phi) is 5.00. The van der Waals surface area contributed by atoms with Gasteiger partial charge in [-0.05, 0) is 62.4 Å². The number of benzene rings is 2. The highest BCUT2D eigenvalue weighted by atomic mass is 16.3. The van der Waals surface area contributed by atoms with Gasteiger partial charge in [0, 0.05) is 28.8 Å². The van der Waals surface area contributed by atoms with E-state index in [1.54, 1.807) is 12.1 Å². The summed E-state index contributed by atoms with van der Waals surface area (Å²) in [6.45, 7) is 3.67. The largest absolute Gasteiger partial charge is 0.458 e. The van der Waals surface area contributed by atoms with Crippen LogP contribution in [0.25, 0.3) is 0 Å². The summed E-state index contributed by atoms with van der Waals surface area (Å²) < 4.78 is 5.34. The van der Waals surface area contributed by atoms with E-state index in [1.165, 1.54) is 6.08 Å². The molecule has 0 amide bonds. The quantitative estimate of drug-likeness (QED) is 0.460. The number of allylic oxidation sites excluding steroid dienone is 2. The van der Waals surface area contributed by atoms with E-state index in [9.17, 15) is 4.79 Å². The van der Waals surface area contributed by atoms with Gasteiger partial charge in [-0.15, -0.1) is 0 Å². The molecule has 0 fully saturated rings. The first-order chi connectivity index (χ1) is 12.1. The van der Waals surface area contributed by atoms with Gasteiger partial charge < -0.3 is 15.1 Å². The van der Waals surface area contributed by atoms with E-state index in [4.69, 9.17) is 4.42 Å². The normalized spacial score (nSPS) is 11.2. The first-order valence-electron chi connectivity index (χ1n) is 8.08. The molecule has 1 heterocycles. The second kappa shape index (κ2) is 7.53. The number of para-hydroxylation sites is 1. The molecule has 0 aliphatic rings. The van der Waals surface area contributed by atoms with Gasteiger partial charge in [0.1, 0.15) is 5.76 Å². The number of rotatable bonds is 6. The number of nitrogens with one attached hydrogen (secondary N) is 2. The van der Waals surface area contributed by atoms with Crippen LogP contribution in [0.15, 0.2) is 82.9 Å². The van der Waals surface area contributed by atoms with Crippen molar-refractivity contribution in [2.75, 3.05) is 10.6 Å². The fraction of sp³-hybridized carbons (Fsp3) is 0.0952. The Balaban J connectivity index is 1.62. The molecular formula is C21H20N2O2. The van der Waals surface area contributed by atoms with Crippen LogP contribution in [-0.2, 0) is 0 Å². The summed E-state index contributed by atoms with van der Waals surface area (Å²) in [7, 11) is 0. The molecule has 2 aromatic carbocycles. The summed E-state index contributed by atoms with van der Waals surface area (Å²) in [6, 6.07) is 21.4. The monoisotopic (exact) mass is 332 g/mol. The Bertz CT molecular complexity index is 878. The van der Waals surface area contributed by atoms with Crippen LogP contribution in [-0.4, -0.2) is 5.78 Å². The van der Waals surface area contributed by atoms with Crippen molar-refractivity contribution in [1.29, 1.82) is 0 Å². The second-order valence-corrected chi connectivity index (χ2v) is 5.80. The van der Waals surface area contributed by atoms with E-state index in [2.05, 4.69) is 10.6 Å². The smallest absolute Gasteiger partial charge is 0.222 e. The van der Waals surface area contributed by atoms with Crippen LogP contribution in [0.5, 0.6) is 0 Å². The van der Waals surface area contributed by atoms with Crippen LogP contribution in [0, 0.1) is 6.92 Å². The molecule has 0 bridgehead atoms. The number of furan rings is 1. The van der Waals surface area contributed by atoms with Gasteiger partial charge in [-0.2, -0.15) is 0 Å². The van der Waals surface area contributed by atoms with Crippen LogP contribution in [0.3, 0.4) is 0 Å². The molecule has 0 atom stereocenters. The van der Waals surface area contributed by atoms with Crippen molar-refractivity contribution in [2.24, 2.45) is 0 Å². The SMILES string of the molecule is CC(=CC(=O)c1ccc(C)o1)Nc1ccc(Nc2ccccc2)cc1. The lowest BCUT2D eigenvalue weighted by molar-refractivity contribution is 0.102. The lowest BCUT2D eigenvalue weighted by atomic mass is 10.2. The molecule has 3 aromatic rings. The summed E-state index contributed by atoms with van der Waals surface area (Å²) in [4.78, 5) is 12.1. The lowest BCUT2D eigenvalue weighted by Crippen LogP contribution is -2.00. The molecule has 4 heteroatoms. The summed E-state index contributed by atoms with van der Waals surface area (Å²) >= 11 is 0. The van der Waals surface area contributed by atoms with Gasteiger partial charge in [-0.3, -0.25) is 4.79 Å². The zero-order valence-corrected chi connectivity index (χ0v) is 14.2. The van der Waals surface area contributed by atoms with Crippen LogP contribution >= 0.6 is 0 Å². The van der Waals surface area contributed by atoms with Gasteiger partial charge in [0.15, 0.2) is 5.76 Å². The summed E-state index contributed by atoms with van der Waals surface area (Å²) in [6.07, 6.45) is 1.54. The Morgan fingerprint density at radius 3 is 2.16 bits per heavy atom. The van der Waals surface area contributed by atoms with Gasteiger partial charge in [-0.1, -0.05) is 18.2 Å². The van der Waals surface area contributed by atoms with Crippen molar-refractivity contribution < 1.29 is 9.21 Å². The molecule has 0 saturated carbocycles. The maximum absolute atomic E-state index is 12.1. The standard InChI is InChI=1S/C21H20N2O2/c1-15(14-20(24)21-13-8-16(2)25-21)22-18-9-11-19(12-10-18)23-17-6-4-3-5-7-17/h3-14,22-23H,1-2H3. The maximum atomic E-state index is 12.1. The number of carbonyl (C=O) groups is 1. The van der Waals surface area contributed by atoms with Crippen molar-refractivity contribution in [3.63, 3.8) is 0 Å². The molecular weight excluding hydrogens is 312 g/mol. The minimum absolute atomic E-state index is 0.152. The van der Waals surface area contributed by atoms with Gasteiger partial charge in [0.25, 0.3) is 0 Å². The maximum Gasteiger partial charge on any atom is 0.222 e. The number of ketones is 1. The van der Waals surface area contributed by atoms with Crippen molar-refractivity contribution in [3.8, 4) is 0 Å². The Morgan fingerprint density at radius 1 is 0.880 bits per heavy atom. The summed E-state index contributed by atoms with van der Waals surface area (Å²) in [5.41, 5.74) is 3.71. The molecule has 0 aliphatic heterocycles. The summed E-state index contributed by atoms with van der Waals surface area (Å²) in [5, 5.41) is 6.54. The number of hydrogen-bond acceptors (Lipinski definition) is 4. The van der Waals surface area contributed by atoms with E-state index in [0.29, 0.717) is 5.76 Å². The molecule has 4 nitrogen and oxygen atoms in total. The number of anilines is 3. The van der Waals surface area contributed by atoms with Gasteiger partial charge in [0.05, 0.1) is 0 Å². The zero-order valence-electron chi connectivity index (χ0n) is 14.2. The fourth-order valence-corrected chi connectivity index (χ4v) is 2.42. The molecule has 0 radical (unpaired) electrons. The predicted molar refractivity (Wildman–Crippen MR) is 101 cm³/mol. The van der Waals surface area contributed by atoms with Crippen molar-refractivity contribution in [3.05, 3.63) is 90.0 Å². The Morgan fingerprint density at radius 2 is 1.52 bits per heavy atom. The minimum Gasteiger partial charge on any atom is -0.458 e. The number of hydrogen-bond donors (Lipinski definition) is 2. The fourth-order valence-electron chi connectivity index (χ4n) is 2.42.